The Morgan fingerprint density at radius 1 is 1.64 bits per heavy atom. The highest BCUT2D eigenvalue weighted by Crippen LogP contribution is 2.13. The first-order valence-corrected chi connectivity index (χ1v) is 3.60. The Bertz CT molecular complexity index is 283. The molecule has 11 heavy (non-hydrogen) atoms. The molecule has 1 aromatic rings. The zero-order valence-electron chi connectivity index (χ0n) is 5.70. The highest BCUT2D eigenvalue weighted by atomic mass is 32.1. The van der Waals surface area contributed by atoms with Gasteiger partial charge in [-0.05, 0) is 0 Å². The van der Waals surface area contributed by atoms with Crippen LogP contribution in [0.3, 0.4) is 0 Å². The Hall–Kier alpha value is -1.30. The molecule has 1 amide bonds. The molecule has 0 aliphatic carbocycles. The molecule has 58 valence electrons. The summed E-state index contributed by atoms with van der Waals surface area (Å²) >= 11 is 1.05. The molecule has 0 bridgehead atoms. The summed E-state index contributed by atoms with van der Waals surface area (Å²) in [6.07, 6.45) is 0.491. The predicted molar refractivity (Wildman–Crippen MR) is 39.6 cm³/mol. The van der Waals surface area contributed by atoms with Crippen LogP contribution in [0.25, 0.3) is 0 Å². The second kappa shape index (κ2) is 3.20. The van der Waals surface area contributed by atoms with Crippen molar-refractivity contribution in [1.29, 1.82) is 0 Å². The van der Waals surface area contributed by atoms with Crippen LogP contribution in [0.2, 0.25) is 0 Å². The van der Waals surface area contributed by atoms with Gasteiger partial charge < -0.3 is 5.32 Å². The molecule has 0 radical (unpaired) electrons. The zero-order chi connectivity index (χ0) is 8.27. The SMILES string of the molecule is CC(=O)c1nnc(NC=O)s1. The predicted octanol–water partition coefficient (Wildman–Crippen LogP) is 0.309. The van der Waals surface area contributed by atoms with Crippen LogP contribution in [0.5, 0.6) is 0 Å². The van der Waals surface area contributed by atoms with Crippen LogP contribution in [0.4, 0.5) is 5.13 Å². The standard InChI is InChI=1S/C5H5N3O2S/c1-3(10)4-7-8-5(11-4)6-2-9/h2H,1H3,(H,6,8,9). The third kappa shape index (κ3) is 1.81. The van der Waals surface area contributed by atoms with E-state index in [2.05, 4.69) is 15.5 Å². The van der Waals surface area contributed by atoms with Crippen molar-refractivity contribution in [2.45, 2.75) is 6.92 Å². The van der Waals surface area contributed by atoms with Gasteiger partial charge in [-0.3, -0.25) is 9.59 Å². The third-order valence-electron chi connectivity index (χ3n) is 0.909. The highest BCUT2D eigenvalue weighted by molar-refractivity contribution is 7.17. The van der Waals surface area contributed by atoms with Gasteiger partial charge in [0.2, 0.25) is 11.5 Å². The molecule has 1 N–H and O–H groups in total. The maximum atomic E-state index is 10.7. The van der Waals surface area contributed by atoms with Gasteiger partial charge in [0, 0.05) is 6.92 Å². The van der Waals surface area contributed by atoms with E-state index < -0.39 is 0 Å². The summed E-state index contributed by atoms with van der Waals surface area (Å²) < 4.78 is 0. The summed E-state index contributed by atoms with van der Waals surface area (Å²) in [6.45, 7) is 1.39. The number of rotatable bonds is 3. The van der Waals surface area contributed by atoms with Crippen molar-refractivity contribution in [1.82, 2.24) is 10.2 Å². The molecule has 0 aromatic carbocycles. The van der Waals surface area contributed by atoms with Crippen LogP contribution >= 0.6 is 11.3 Å². The topological polar surface area (TPSA) is 72.0 Å². The van der Waals surface area contributed by atoms with E-state index in [0.29, 0.717) is 16.5 Å². The van der Waals surface area contributed by atoms with Crippen LogP contribution in [-0.2, 0) is 4.79 Å². The number of carbonyl (C=O) groups excluding carboxylic acids is 2. The number of nitrogens with one attached hydrogen (secondary N) is 1. The molecular formula is C5H5N3O2S. The number of aromatic nitrogens is 2. The van der Waals surface area contributed by atoms with E-state index in [1.807, 2.05) is 0 Å². The number of Topliss-reactive ketones (excluding diaryl/α,β-unsaturated/α-hetero) is 1. The molecule has 6 heteroatoms. The number of carbonyl (C=O) groups is 2. The fourth-order valence-electron chi connectivity index (χ4n) is 0.474. The van der Waals surface area contributed by atoms with Gasteiger partial charge in [0.15, 0.2) is 10.8 Å². The van der Waals surface area contributed by atoms with Crippen LogP contribution < -0.4 is 5.32 Å². The molecular weight excluding hydrogens is 166 g/mol. The minimum atomic E-state index is -0.151. The van der Waals surface area contributed by atoms with Gasteiger partial charge in [-0.25, -0.2) is 0 Å². The molecule has 0 saturated heterocycles. The molecule has 0 saturated carbocycles. The Morgan fingerprint density at radius 2 is 2.36 bits per heavy atom. The van der Waals surface area contributed by atoms with Crippen LogP contribution in [0, 0.1) is 0 Å². The monoisotopic (exact) mass is 171 g/mol. The maximum Gasteiger partial charge on any atom is 0.213 e. The molecule has 0 unspecified atom stereocenters. The van der Waals surface area contributed by atoms with E-state index in [4.69, 9.17) is 0 Å². The van der Waals surface area contributed by atoms with Crippen LogP contribution in [0.1, 0.15) is 16.7 Å². The Labute approximate surface area is 66.4 Å². The molecule has 0 fully saturated rings. The number of hydrogen-bond donors (Lipinski definition) is 1. The van der Waals surface area contributed by atoms with Crippen molar-refractivity contribution < 1.29 is 9.59 Å². The summed E-state index contributed by atoms with van der Waals surface area (Å²) in [4.78, 5) is 20.6. The maximum absolute atomic E-state index is 10.7. The van der Waals surface area contributed by atoms with Gasteiger partial charge >= 0.3 is 0 Å². The molecule has 0 atom stereocenters. The van der Waals surface area contributed by atoms with Gasteiger partial charge in [-0.2, -0.15) is 0 Å². The molecule has 1 heterocycles. The smallest absolute Gasteiger partial charge is 0.213 e. The van der Waals surface area contributed by atoms with Gasteiger partial charge in [0.25, 0.3) is 0 Å². The van der Waals surface area contributed by atoms with E-state index in [1.54, 1.807) is 0 Å². The summed E-state index contributed by atoms with van der Waals surface area (Å²) in [5.41, 5.74) is 0. The first-order chi connectivity index (χ1) is 5.24. The number of ketones is 1. The number of hydrogen-bond acceptors (Lipinski definition) is 5. The minimum absolute atomic E-state index is 0.151. The Morgan fingerprint density at radius 3 is 2.82 bits per heavy atom. The number of anilines is 1. The van der Waals surface area contributed by atoms with E-state index in [0.717, 1.165) is 11.3 Å². The quantitative estimate of drug-likeness (QED) is 0.524. The lowest BCUT2D eigenvalue weighted by Crippen LogP contribution is -1.91. The second-order valence-corrected chi connectivity index (χ2v) is 2.71. The zero-order valence-corrected chi connectivity index (χ0v) is 6.51. The van der Waals surface area contributed by atoms with E-state index in [9.17, 15) is 9.59 Å². The van der Waals surface area contributed by atoms with Crippen molar-refractivity contribution in [3.8, 4) is 0 Å². The highest BCUT2D eigenvalue weighted by Gasteiger charge is 2.06. The summed E-state index contributed by atoms with van der Waals surface area (Å²) in [7, 11) is 0. The lowest BCUT2D eigenvalue weighted by molar-refractivity contribution is -0.105. The molecule has 0 aliphatic heterocycles. The van der Waals surface area contributed by atoms with Crippen LogP contribution in [-0.4, -0.2) is 22.4 Å². The Kier molecular flexibility index (Phi) is 2.27. The first-order valence-electron chi connectivity index (χ1n) is 2.78. The lowest BCUT2D eigenvalue weighted by Gasteiger charge is -1.82. The van der Waals surface area contributed by atoms with Gasteiger partial charge in [-0.1, -0.05) is 11.3 Å². The third-order valence-corrected chi connectivity index (χ3v) is 1.86. The van der Waals surface area contributed by atoms with Gasteiger partial charge in [-0.15, -0.1) is 10.2 Å². The average molecular weight is 171 g/mol. The van der Waals surface area contributed by atoms with E-state index in [1.165, 1.54) is 6.92 Å². The van der Waals surface area contributed by atoms with Crippen molar-refractivity contribution in [3.05, 3.63) is 5.01 Å². The first kappa shape index (κ1) is 7.80. The molecule has 0 spiro atoms. The minimum Gasteiger partial charge on any atom is -0.303 e. The van der Waals surface area contributed by atoms with Crippen molar-refractivity contribution in [2.24, 2.45) is 0 Å². The van der Waals surface area contributed by atoms with Crippen LogP contribution in [0.15, 0.2) is 0 Å². The van der Waals surface area contributed by atoms with Crippen molar-refractivity contribution in [2.75, 3.05) is 5.32 Å². The number of nitrogens with zero attached hydrogens (tertiary/aromatic N) is 2. The largest absolute Gasteiger partial charge is 0.303 e. The summed E-state index contributed by atoms with van der Waals surface area (Å²) in [5, 5.41) is 10.00. The summed E-state index contributed by atoms with van der Waals surface area (Å²) in [5.74, 6) is -0.151. The molecule has 5 nitrogen and oxygen atoms in total. The normalized spacial score (nSPS) is 9.18. The molecule has 1 aromatic heterocycles. The fraction of sp³-hybridized carbons (Fsp3) is 0.200. The average Bonchev–Trinajstić information content (AvgIpc) is 2.37. The second-order valence-electron chi connectivity index (χ2n) is 1.73. The van der Waals surface area contributed by atoms with Gasteiger partial charge in [0.1, 0.15) is 0 Å². The number of amides is 1. The van der Waals surface area contributed by atoms with Crippen molar-refractivity contribution >= 4 is 28.7 Å². The van der Waals surface area contributed by atoms with E-state index >= 15 is 0 Å². The van der Waals surface area contributed by atoms with Gasteiger partial charge in [0.05, 0.1) is 0 Å². The van der Waals surface area contributed by atoms with E-state index in [-0.39, 0.29) is 5.78 Å². The summed E-state index contributed by atoms with van der Waals surface area (Å²) in [6, 6.07) is 0. The fourth-order valence-corrected chi connectivity index (χ4v) is 1.07. The lowest BCUT2D eigenvalue weighted by atomic mass is 10.5. The molecule has 1 rings (SSSR count). The molecule has 0 aliphatic rings. The Balaban J connectivity index is 2.81. The van der Waals surface area contributed by atoms with Crippen molar-refractivity contribution in [3.63, 3.8) is 0 Å².